The number of halogens is 1. The highest BCUT2D eigenvalue weighted by atomic mass is 19.1. The van der Waals surface area contributed by atoms with Gasteiger partial charge in [0, 0.05) is 6.54 Å². The van der Waals surface area contributed by atoms with Crippen molar-refractivity contribution in [3.63, 3.8) is 0 Å². The van der Waals surface area contributed by atoms with Gasteiger partial charge in [-0.3, -0.25) is 4.79 Å². The fourth-order valence-electron chi connectivity index (χ4n) is 1.56. The minimum absolute atomic E-state index is 0.00761. The summed E-state index contributed by atoms with van der Waals surface area (Å²) in [5.41, 5.74) is 1.02. The number of hydrogen-bond donors (Lipinski definition) is 2. The number of unbranched alkanes of at least 4 members (excludes halogenated alkanes) is 1. The van der Waals surface area contributed by atoms with Gasteiger partial charge < -0.3 is 10.6 Å². The number of amides is 1. The maximum absolute atomic E-state index is 12.7. The molecule has 0 atom stereocenters. The fraction of sp³-hybridized carbons (Fsp3) is 0.500. The minimum Gasteiger partial charge on any atom is -0.355 e. The molecule has 0 bridgehead atoms. The summed E-state index contributed by atoms with van der Waals surface area (Å²) in [6.07, 6.45) is 2.93. The van der Waals surface area contributed by atoms with Crippen molar-refractivity contribution in [3.8, 4) is 0 Å². The lowest BCUT2D eigenvalue weighted by Crippen LogP contribution is -2.35. The quantitative estimate of drug-likeness (QED) is 0.694. The van der Waals surface area contributed by atoms with Crippen LogP contribution in [0.3, 0.4) is 0 Å². The van der Waals surface area contributed by atoms with E-state index in [1.54, 1.807) is 12.1 Å². The largest absolute Gasteiger partial charge is 0.355 e. The normalized spacial score (nSPS) is 10.3. The molecule has 1 aromatic rings. The predicted octanol–water partition coefficient (Wildman–Crippen LogP) is 1.87. The molecule has 1 aromatic carbocycles. The Labute approximate surface area is 108 Å². The lowest BCUT2D eigenvalue weighted by molar-refractivity contribution is -0.120. The molecule has 0 saturated heterocycles. The molecule has 4 heteroatoms. The Morgan fingerprint density at radius 3 is 2.61 bits per heavy atom. The summed E-state index contributed by atoms with van der Waals surface area (Å²) in [5, 5.41) is 5.91. The molecule has 0 radical (unpaired) electrons. The molecule has 0 heterocycles. The molecule has 0 unspecified atom stereocenters. The van der Waals surface area contributed by atoms with E-state index in [4.69, 9.17) is 0 Å². The van der Waals surface area contributed by atoms with Crippen molar-refractivity contribution in [2.45, 2.75) is 26.2 Å². The van der Waals surface area contributed by atoms with Gasteiger partial charge in [-0.05, 0) is 37.1 Å². The van der Waals surface area contributed by atoms with Crippen molar-refractivity contribution in [2.24, 2.45) is 0 Å². The second-order valence-corrected chi connectivity index (χ2v) is 4.26. The molecule has 18 heavy (non-hydrogen) atoms. The summed E-state index contributed by atoms with van der Waals surface area (Å²) in [6.45, 7) is 3.94. The van der Waals surface area contributed by atoms with Crippen molar-refractivity contribution in [1.82, 2.24) is 10.6 Å². The molecule has 0 saturated carbocycles. The van der Waals surface area contributed by atoms with E-state index >= 15 is 0 Å². The molecule has 0 aliphatic heterocycles. The summed E-state index contributed by atoms with van der Waals surface area (Å²) in [7, 11) is 0. The first-order valence-corrected chi connectivity index (χ1v) is 6.44. The molecule has 0 aliphatic rings. The Bertz CT molecular complexity index is 351. The molecular formula is C14H21FN2O. The summed E-state index contributed by atoms with van der Waals surface area (Å²) < 4.78 is 12.7. The van der Waals surface area contributed by atoms with Gasteiger partial charge in [0.05, 0.1) is 6.54 Å². The highest BCUT2D eigenvalue weighted by Crippen LogP contribution is 2.02. The molecule has 0 spiro atoms. The Balaban J connectivity index is 2.10. The summed E-state index contributed by atoms with van der Waals surface area (Å²) >= 11 is 0. The fourth-order valence-corrected chi connectivity index (χ4v) is 1.56. The number of nitrogens with one attached hydrogen (secondary N) is 2. The standard InChI is InChI=1S/C14H21FN2O/c1-2-3-9-16-11-14(18)17-10-8-12-4-6-13(15)7-5-12/h4-7,16H,2-3,8-11H2,1H3,(H,17,18). The zero-order valence-corrected chi connectivity index (χ0v) is 10.8. The molecular weight excluding hydrogens is 231 g/mol. The van der Waals surface area contributed by atoms with Gasteiger partial charge in [-0.15, -0.1) is 0 Å². The van der Waals surface area contributed by atoms with Crippen LogP contribution in [0.4, 0.5) is 4.39 Å². The lowest BCUT2D eigenvalue weighted by atomic mass is 10.1. The van der Waals surface area contributed by atoms with E-state index in [1.807, 2.05) is 0 Å². The van der Waals surface area contributed by atoms with Crippen LogP contribution in [0, 0.1) is 5.82 Å². The van der Waals surface area contributed by atoms with Gasteiger partial charge in [-0.25, -0.2) is 4.39 Å². The summed E-state index contributed by atoms with van der Waals surface area (Å²) in [6, 6.07) is 6.34. The maximum Gasteiger partial charge on any atom is 0.233 e. The highest BCUT2D eigenvalue weighted by Gasteiger charge is 2.00. The number of carbonyl (C=O) groups excluding carboxylic acids is 1. The molecule has 1 rings (SSSR count). The topological polar surface area (TPSA) is 41.1 Å². The monoisotopic (exact) mass is 252 g/mol. The molecule has 100 valence electrons. The summed E-state index contributed by atoms with van der Waals surface area (Å²) in [4.78, 5) is 11.4. The van der Waals surface area contributed by atoms with Crippen LogP contribution in [-0.2, 0) is 11.2 Å². The first-order valence-electron chi connectivity index (χ1n) is 6.44. The van der Waals surface area contributed by atoms with E-state index in [0.29, 0.717) is 13.1 Å². The average Bonchev–Trinajstić information content (AvgIpc) is 2.37. The summed E-state index contributed by atoms with van der Waals surface area (Å²) in [5.74, 6) is -0.226. The average molecular weight is 252 g/mol. The second-order valence-electron chi connectivity index (χ2n) is 4.26. The third-order valence-corrected chi connectivity index (χ3v) is 2.64. The smallest absolute Gasteiger partial charge is 0.233 e. The third-order valence-electron chi connectivity index (χ3n) is 2.64. The molecule has 0 fully saturated rings. The van der Waals surface area contributed by atoms with E-state index in [-0.39, 0.29) is 11.7 Å². The van der Waals surface area contributed by atoms with Crippen molar-refractivity contribution >= 4 is 5.91 Å². The van der Waals surface area contributed by atoms with Gasteiger partial charge in [0.15, 0.2) is 0 Å². The van der Waals surface area contributed by atoms with E-state index in [2.05, 4.69) is 17.6 Å². The second kappa shape index (κ2) is 8.64. The van der Waals surface area contributed by atoms with Crippen molar-refractivity contribution < 1.29 is 9.18 Å². The minimum atomic E-state index is -0.233. The van der Waals surface area contributed by atoms with Crippen LogP contribution < -0.4 is 10.6 Å². The van der Waals surface area contributed by atoms with E-state index in [0.717, 1.165) is 31.4 Å². The van der Waals surface area contributed by atoms with Gasteiger partial charge >= 0.3 is 0 Å². The number of benzene rings is 1. The number of rotatable bonds is 8. The molecule has 0 aliphatic carbocycles. The van der Waals surface area contributed by atoms with Crippen LogP contribution in [0.5, 0.6) is 0 Å². The van der Waals surface area contributed by atoms with Gasteiger partial charge in [-0.2, -0.15) is 0 Å². The van der Waals surface area contributed by atoms with Crippen molar-refractivity contribution in [1.29, 1.82) is 0 Å². The van der Waals surface area contributed by atoms with Gasteiger partial charge in [0.1, 0.15) is 5.82 Å². The van der Waals surface area contributed by atoms with Gasteiger partial charge in [0.2, 0.25) is 5.91 Å². The zero-order valence-electron chi connectivity index (χ0n) is 10.8. The first-order chi connectivity index (χ1) is 8.72. The van der Waals surface area contributed by atoms with E-state index in [9.17, 15) is 9.18 Å². The van der Waals surface area contributed by atoms with Crippen LogP contribution in [-0.4, -0.2) is 25.5 Å². The Morgan fingerprint density at radius 1 is 1.22 bits per heavy atom. The highest BCUT2D eigenvalue weighted by molar-refractivity contribution is 5.77. The first kappa shape index (κ1) is 14.6. The van der Waals surface area contributed by atoms with Crippen molar-refractivity contribution in [2.75, 3.05) is 19.6 Å². The maximum atomic E-state index is 12.7. The van der Waals surface area contributed by atoms with Crippen LogP contribution in [0.25, 0.3) is 0 Å². The molecule has 1 amide bonds. The Morgan fingerprint density at radius 2 is 1.94 bits per heavy atom. The van der Waals surface area contributed by atoms with Crippen LogP contribution in [0.1, 0.15) is 25.3 Å². The molecule has 0 aromatic heterocycles. The van der Waals surface area contributed by atoms with Crippen LogP contribution >= 0.6 is 0 Å². The predicted molar refractivity (Wildman–Crippen MR) is 70.9 cm³/mol. The zero-order chi connectivity index (χ0) is 13.2. The molecule has 2 N–H and O–H groups in total. The van der Waals surface area contributed by atoms with Gasteiger partial charge in [-0.1, -0.05) is 25.5 Å². The number of hydrogen-bond acceptors (Lipinski definition) is 2. The SMILES string of the molecule is CCCCNCC(=O)NCCc1ccc(F)cc1. The van der Waals surface area contributed by atoms with E-state index < -0.39 is 0 Å². The van der Waals surface area contributed by atoms with Crippen molar-refractivity contribution in [3.05, 3.63) is 35.6 Å². The third kappa shape index (κ3) is 6.35. The van der Waals surface area contributed by atoms with E-state index in [1.165, 1.54) is 12.1 Å². The number of carbonyl (C=O) groups is 1. The Kier molecular flexibility index (Phi) is 7.03. The lowest BCUT2D eigenvalue weighted by Gasteiger charge is -2.06. The van der Waals surface area contributed by atoms with Crippen LogP contribution in [0.15, 0.2) is 24.3 Å². The molecule has 3 nitrogen and oxygen atoms in total. The van der Waals surface area contributed by atoms with Crippen LogP contribution in [0.2, 0.25) is 0 Å². The Hall–Kier alpha value is -1.42. The van der Waals surface area contributed by atoms with Gasteiger partial charge in [0.25, 0.3) is 0 Å².